The van der Waals surface area contributed by atoms with Crippen LogP contribution in [0, 0.1) is 5.82 Å². The van der Waals surface area contributed by atoms with Crippen LogP contribution in [-0.4, -0.2) is 15.6 Å². The van der Waals surface area contributed by atoms with Crippen LogP contribution in [0.2, 0.25) is 5.02 Å². The quantitative estimate of drug-likeness (QED) is 0.582. The van der Waals surface area contributed by atoms with E-state index in [1.165, 1.54) is 29.0 Å². The van der Waals surface area contributed by atoms with Gasteiger partial charge in [-0.1, -0.05) is 23.7 Å². The SMILES string of the molecule is CC(c1cccc(C(=O)O)c1F)n1ccc2cc(C(F)(F)F)cc(Cl)c21. The molecule has 0 saturated carbocycles. The van der Waals surface area contributed by atoms with Crippen LogP contribution in [0.5, 0.6) is 0 Å². The van der Waals surface area contributed by atoms with E-state index >= 15 is 0 Å². The molecule has 0 spiro atoms. The number of carbonyl (C=O) groups is 1. The number of aromatic carboxylic acids is 1. The summed E-state index contributed by atoms with van der Waals surface area (Å²) in [6, 6.07) is 6.53. The Bertz CT molecular complexity index is 1010. The van der Waals surface area contributed by atoms with Crippen molar-refractivity contribution in [1.29, 1.82) is 0 Å². The molecule has 136 valence electrons. The lowest BCUT2D eigenvalue weighted by atomic mass is 10.0. The Morgan fingerprint density at radius 2 is 1.92 bits per heavy atom. The average Bonchev–Trinajstić information content (AvgIpc) is 2.98. The molecule has 1 atom stereocenters. The normalized spacial score (nSPS) is 13.2. The number of carboxylic acid groups (broad SMARTS) is 1. The molecule has 2 aromatic carbocycles. The molecule has 3 aromatic rings. The fourth-order valence-electron chi connectivity index (χ4n) is 2.93. The summed E-state index contributed by atoms with van der Waals surface area (Å²) in [6.45, 7) is 1.61. The first-order valence-electron chi connectivity index (χ1n) is 7.50. The molecule has 1 N–H and O–H groups in total. The summed E-state index contributed by atoms with van der Waals surface area (Å²) < 4.78 is 54.8. The Hall–Kier alpha value is -2.54. The van der Waals surface area contributed by atoms with Gasteiger partial charge in [-0.3, -0.25) is 0 Å². The Labute approximate surface area is 150 Å². The van der Waals surface area contributed by atoms with Crippen molar-refractivity contribution in [3.8, 4) is 0 Å². The van der Waals surface area contributed by atoms with Crippen molar-refractivity contribution in [3.05, 3.63) is 70.1 Å². The number of halogens is 5. The average molecular weight is 386 g/mol. The number of aromatic nitrogens is 1. The Kier molecular flexibility index (Phi) is 4.44. The van der Waals surface area contributed by atoms with Crippen molar-refractivity contribution in [2.45, 2.75) is 19.1 Å². The van der Waals surface area contributed by atoms with Gasteiger partial charge in [0.2, 0.25) is 0 Å². The maximum absolute atomic E-state index is 14.5. The predicted molar refractivity (Wildman–Crippen MR) is 89.1 cm³/mol. The first-order valence-corrected chi connectivity index (χ1v) is 7.88. The van der Waals surface area contributed by atoms with Gasteiger partial charge in [0.15, 0.2) is 0 Å². The van der Waals surface area contributed by atoms with Crippen molar-refractivity contribution in [2.75, 3.05) is 0 Å². The molecule has 0 fully saturated rings. The highest BCUT2D eigenvalue weighted by Gasteiger charge is 2.32. The van der Waals surface area contributed by atoms with E-state index in [-0.39, 0.29) is 16.0 Å². The highest BCUT2D eigenvalue weighted by Crippen LogP contribution is 2.37. The molecule has 1 aromatic heterocycles. The number of hydrogen-bond donors (Lipinski definition) is 1. The first kappa shape index (κ1) is 18.3. The van der Waals surface area contributed by atoms with Gasteiger partial charge in [-0.25, -0.2) is 9.18 Å². The van der Waals surface area contributed by atoms with E-state index in [0.717, 1.165) is 18.2 Å². The molecule has 3 rings (SSSR count). The summed E-state index contributed by atoms with van der Waals surface area (Å²) in [5.41, 5.74) is -0.943. The molecule has 8 heteroatoms. The third-order valence-corrected chi connectivity index (χ3v) is 4.51. The fraction of sp³-hybridized carbons (Fsp3) is 0.167. The van der Waals surface area contributed by atoms with Crippen LogP contribution < -0.4 is 0 Å². The maximum Gasteiger partial charge on any atom is 0.416 e. The minimum Gasteiger partial charge on any atom is -0.478 e. The van der Waals surface area contributed by atoms with Gasteiger partial charge < -0.3 is 9.67 Å². The zero-order valence-electron chi connectivity index (χ0n) is 13.3. The zero-order valence-corrected chi connectivity index (χ0v) is 14.1. The van der Waals surface area contributed by atoms with Gasteiger partial charge in [0.1, 0.15) is 5.82 Å². The minimum absolute atomic E-state index is 0.0957. The third kappa shape index (κ3) is 3.03. The molecular formula is C18H12ClF4NO2. The van der Waals surface area contributed by atoms with Gasteiger partial charge in [-0.05, 0) is 31.2 Å². The van der Waals surface area contributed by atoms with Crippen LogP contribution in [0.3, 0.4) is 0 Å². The molecule has 0 bridgehead atoms. The summed E-state index contributed by atoms with van der Waals surface area (Å²) in [4.78, 5) is 11.1. The molecule has 0 aliphatic rings. The van der Waals surface area contributed by atoms with Gasteiger partial charge in [-0.15, -0.1) is 0 Å². The van der Waals surface area contributed by atoms with Crippen LogP contribution in [0.25, 0.3) is 10.9 Å². The van der Waals surface area contributed by atoms with E-state index in [0.29, 0.717) is 5.52 Å². The number of alkyl halides is 3. The van der Waals surface area contributed by atoms with Crippen LogP contribution in [0.1, 0.15) is 34.5 Å². The van der Waals surface area contributed by atoms with Crippen molar-refractivity contribution < 1.29 is 27.5 Å². The summed E-state index contributed by atoms with van der Waals surface area (Å²) in [5, 5.41) is 9.18. The molecule has 3 nitrogen and oxygen atoms in total. The molecule has 0 saturated heterocycles. The van der Waals surface area contributed by atoms with E-state index < -0.39 is 35.1 Å². The molecule has 0 radical (unpaired) electrons. The van der Waals surface area contributed by atoms with E-state index in [4.69, 9.17) is 16.7 Å². The predicted octanol–water partition coefficient (Wildman–Crippen LogP) is 5.76. The minimum atomic E-state index is -4.53. The maximum atomic E-state index is 14.5. The Morgan fingerprint density at radius 1 is 1.23 bits per heavy atom. The zero-order chi connectivity index (χ0) is 19.2. The van der Waals surface area contributed by atoms with Gasteiger partial charge in [0.05, 0.1) is 27.7 Å². The lowest BCUT2D eigenvalue weighted by Crippen LogP contribution is -2.11. The standard InChI is InChI=1S/C18H12ClF4NO2/c1-9(12-3-2-4-13(15(12)20)17(25)26)24-6-5-10-7-11(18(21,22)23)8-14(19)16(10)24/h2-9H,1H3,(H,25,26). The monoisotopic (exact) mass is 385 g/mol. The van der Waals surface area contributed by atoms with Gasteiger partial charge >= 0.3 is 12.1 Å². The number of nitrogens with zero attached hydrogens (tertiary/aromatic N) is 1. The Morgan fingerprint density at radius 3 is 2.54 bits per heavy atom. The van der Waals surface area contributed by atoms with Crippen molar-refractivity contribution in [1.82, 2.24) is 4.57 Å². The van der Waals surface area contributed by atoms with Gasteiger partial charge in [0.25, 0.3) is 0 Å². The number of benzene rings is 2. The second kappa shape index (κ2) is 6.32. The fourth-order valence-corrected chi connectivity index (χ4v) is 3.25. The number of fused-ring (bicyclic) bond motifs is 1. The van der Waals surface area contributed by atoms with Crippen LogP contribution >= 0.6 is 11.6 Å². The Balaban J connectivity index is 2.15. The number of rotatable bonds is 3. The van der Waals surface area contributed by atoms with Crippen molar-refractivity contribution >= 4 is 28.5 Å². The van der Waals surface area contributed by atoms with Crippen molar-refractivity contribution in [2.24, 2.45) is 0 Å². The van der Waals surface area contributed by atoms with Crippen LogP contribution in [-0.2, 0) is 6.18 Å². The molecular weight excluding hydrogens is 374 g/mol. The molecule has 0 aliphatic carbocycles. The van der Waals surface area contributed by atoms with E-state index in [1.54, 1.807) is 6.92 Å². The highest BCUT2D eigenvalue weighted by atomic mass is 35.5. The lowest BCUT2D eigenvalue weighted by Gasteiger charge is -2.18. The number of hydrogen-bond acceptors (Lipinski definition) is 1. The van der Waals surface area contributed by atoms with Crippen LogP contribution in [0.15, 0.2) is 42.6 Å². The third-order valence-electron chi connectivity index (χ3n) is 4.22. The molecule has 0 aliphatic heterocycles. The summed E-state index contributed by atoms with van der Waals surface area (Å²) >= 11 is 6.06. The topological polar surface area (TPSA) is 42.2 Å². The van der Waals surface area contributed by atoms with E-state index in [1.807, 2.05) is 0 Å². The summed E-state index contributed by atoms with van der Waals surface area (Å²) in [7, 11) is 0. The molecule has 0 amide bonds. The first-order chi connectivity index (χ1) is 12.1. The van der Waals surface area contributed by atoms with E-state index in [2.05, 4.69) is 0 Å². The van der Waals surface area contributed by atoms with E-state index in [9.17, 15) is 22.4 Å². The van der Waals surface area contributed by atoms with Gasteiger partial charge in [0, 0.05) is 17.1 Å². The smallest absolute Gasteiger partial charge is 0.416 e. The molecule has 1 unspecified atom stereocenters. The largest absolute Gasteiger partial charge is 0.478 e. The lowest BCUT2D eigenvalue weighted by molar-refractivity contribution is -0.137. The molecule has 1 heterocycles. The van der Waals surface area contributed by atoms with Crippen molar-refractivity contribution in [3.63, 3.8) is 0 Å². The second-order valence-corrected chi connectivity index (χ2v) is 6.21. The molecule has 26 heavy (non-hydrogen) atoms. The summed E-state index contributed by atoms with van der Waals surface area (Å²) in [5.74, 6) is -2.29. The highest BCUT2D eigenvalue weighted by molar-refractivity contribution is 6.35. The number of carboxylic acids is 1. The second-order valence-electron chi connectivity index (χ2n) is 5.81. The van der Waals surface area contributed by atoms with Gasteiger partial charge in [-0.2, -0.15) is 13.2 Å². The summed E-state index contributed by atoms with van der Waals surface area (Å²) in [6.07, 6.45) is -3.04. The van der Waals surface area contributed by atoms with Crippen LogP contribution in [0.4, 0.5) is 17.6 Å².